The maximum absolute atomic E-state index is 5.68. The average molecular weight is 486 g/mol. The number of benzene rings is 1. The van der Waals surface area contributed by atoms with Gasteiger partial charge in [0.05, 0.1) is 21.3 Å². The lowest BCUT2D eigenvalue weighted by Crippen LogP contribution is -2.19. The second-order valence-electron chi connectivity index (χ2n) is 8.08. The molecule has 1 atom stereocenters. The van der Waals surface area contributed by atoms with E-state index in [1.807, 2.05) is 34.9 Å². The van der Waals surface area contributed by atoms with E-state index in [4.69, 9.17) is 18.9 Å². The van der Waals surface area contributed by atoms with Crippen LogP contribution < -0.4 is 18.9 Å². The third kappa shape index (κ3) is 5.39. The summed E-state index contributed by atoms with van der Waals surface area (Å²) >= 11 is 1.63. The number of hydrogen-bond acceptors (Lipinski definition) is 9. The summed E-state index contributed by atoms with van der Waals surface area (Å²) in [7, 11) is 4.84. The molecule has 1 N–H and O–H groups in total. The molecule has 1 saturated heterocycles. The minimum absolute atomic E-state index is 0.381. The van der Waals surface area contributed by atoms with Crippen LogP contribution in [0.1, 0.15) is 26.2 Å². The van der Waals surface area contributed by atoms with Gasteiger partial charge in [0.25, 0.3) is 0 Å². The molecule has 2 aromatic heterocycles. The van der Waals surface area contributed by atoms with Crippen LogP contribution in [0.15, 0.2) is 36.4 Å². The SMILES string of the molecule is COc1cccc(-c2nnc(NSC(C)CC3CCOCC3)n2-c2c(OC)cccc2OC)n1. The largest absolute Gasteiger partial charge is 0.494 e. The van der Waals surface area contributed by atoms with Gasteiger partial charge in [-0.25, -0.2) is 4.98 Å². The summed E-state index contributed by atoms with van der Waals surface area (Å²) in [4.78, 5) is 4.57. The van der Waals surface area contributed by atoms with Crippen LogP contribution in [0.2, 0.25) is 0 Å². The summed E-state index contributed by atoms with van der Waals surface area (Å²) in [5.41, 5.74) is 1.31. The Bertz CT molecular complexity index is 1060. The number of nitrogens with one attached hydrogen (secondary N) is 1. The monoisotopic (exact) mass is 485 g/mol. The first-order valence-corrected chi connectivity index (χ1v) is 12.2. The lowest BCUT2D eigenvalue weighted by molar-refractivity contribution is 0.0641. The topological polar surface area (TPSA) is 92.6 Å². The second-order valence-corrected chi connectivity index (χ2v) is 9.33. The molecule has 10 heteroatoms. The van der Waals surface area contributed by atoms with Crippen molar-refractivity contribution in [2.45, 2.75) is 31.4 Å². The second kappa shape index (κ2) is 11.4. The van der Waals surface area contributed by atoms with Crippen molar-refractivity contribution < 1.29 is 18.9 Å². The third-order valence-electron chi connectivity index (χ3n) is 5.81. The molecule has 0 saturated carbocycles. The van der Waals surface area contributed by atoms with Gasteiger partial charge < -0.3 is 18.9 Å². The first-order chi connectivity index (χ1) is 16.6. The minimum atomic E-state index is 0.381. The number of rotatable bonds is 10. The van der Waals surface area contributed by atoms with Gasteiger partial charge in [0.1, 0.15) is 22.9 Å². The molecule has 4 rings (SSSR count). The minimum Gasteiger partial charge on any atom is -0.494 e. The first-order valence-electron chi connectivity index (χ1n) is 11.3. The normalized spacial score (nSPS) is 15.1. The number of nitrogens with zero attached hydrogens (tertiary/aromatic N) is 4. The Morgan fingerprint density at radius 2 is 1.74 bits per heavy atom. The van der Waals surface area contributed by atoms with Gasteiger partial charge in [-0.15, -0.1) is 10.2 Å². The number of methoxy groups -OCH3 is 3. The zero-order valence-electron chi connectivity index (χ0n) is 20.0. The van der Waals surface area contributed by atoms with E-state index in [1.54, 1.807) is 39.3 Å². The number of hydrogen-bond donors (Lipinski definition) is 1. The number of ether oxygens (including phenoxy) is 4. The van der Waals surface area contributed by atoms with Crippen molar-refractivity contribution in [1.29, 1.82) is 0 Å². The Morgan fingerprint density at radius 3 is 2.41 bits per heavy atom. The van der Waals surface area contributed by atoms with Crippen molar-refractivity contribution in [2.75, 3.05) is 39.3 Å². The van der Waals surface area contributed by atoms with Crippen molar-refractivity contribution in [3.8, 4) is 34.6 Å². The van der Waals surface area contributed by atoms with Crippen LogP contribution in [-0.2, 0) is 4.74 Å². The van der Waals surface area contributed by atoms with E-state index in [0.717, 1.165) is 32.5 Å². The molecule has 1 aliphatic heterocycles. The molecule has 3 aromatic rings. The predicted octanol–water partition coefficient (Wildman–Crippen LogP) is 4.62. The van der Waals surface area contributed by atoms with Gasteiger partial charge in [-0.3, -0.25) is 9.29 Å². The summed E-state index contributed by atoms with van der Waals surface area (Å²) in [5, 5.41) is 9.32. The van der Waals surface area contributed by atoms with Gasteiger partial charge in [0.15, 0.2) is 5.82 Å². The first kappa shape index (κ1) is 24.2. The molecule has 182 valence electrons. The van der Waals surface area contributed by atoms with Crippen LogP contribution in [0.5, 0.6) is 17.4 Å². The molecule has 3 heterocycles. The molecule has 1 fully saturated rings. The fraction of sp³-hybridized carbons (Fsp3) is 0.458. The van der Waals surface area contributed by atoms with Crippen LogP contribution >= 0.6 is 11.9 Å². The zero-order chi connectivity index (χ0) is 23.9. The molecule has 1 aliphatic rings. The van der Waals surface area contributed by atoms with Gasteiger partial charge in [0.2, 0.25) is 11.8 Å². The smallest absolute Gasteiger partial charge is 0.239 e. The molecule has 0 radical (unpaired) electrons. The molecular formula is C24H31N5O4S. The zero-order valence-corrected chi connectivity index (χ0v) is 20.8. The van der Waals surface area contributed by atoms with E-state index in [-0.39, 0.29) is 0 Å². The molecule has 1 unspecified atom stereocenters. The molecule has 0 amide bonds. The Morgan fingerprint density at radius 1 is 1.03 bits per heavy atom. The molecule has 0 aliphatic carbocycles. The molecule has 0 spiro atoms. The number of anilines is 1. The summed E-state index contributed by atoms with van der Waals surface area (Å²) in [5.74, 6) is 3.54. The molecule has 1 aromatic carbocycles. The number of pyridine rings is 1. The molecule has 9 nitrogen and oxygen atoms in total. The van der Waals surface area contributed by atoms with Crippen LogP contribution in [0.4, 0.5) is 5.95 Å². The maximum Gasteiger partial charge on any atom is 0.239 e. The van der Waals surface area contributed by atoms with E-state index in [2.05, 4.69) is 26.8 Å². The number of aromatic nitrogens is 4. The summed E-state index contributed by atoms with van der Waals surface area (Å²) in [6, 6.07) is 11.2. The van der Waals surface area contributed by atoms with Crippen molar-refractivity contribution in [1.82, 2.24) is 19.7 Å². The van der Waals surface area contributed by atoms with E-state index >= 15 is 0 Å². The van der Waals surface area contributed by atoms with Crippen molar-refractivity contribution >= 4 is 17.9 Å². The van der Waals surface area contributed by atoms with E-state index in [9.17, 15) is 0 Å². The molecule has 34 heavy (non-hydrogen) atoms. The highest BCUT2D eigenvalue weighted by Gasteiger charge is 2.24. The van der Waals surface area contributed by atoms with Crippen LogP contribution in [-0.4, -0.2) is 59.5 Å². The van der Waals surface area contributed by atoms with Crippen LogP contribution in [0.3, 0.4) is 0 Å². The lowest BCUT2D eigenvalue weighted by atomic mass is 9.95. The average Bonchev–Trinajstić information content (AvgIpc) is 3.31. The molecule has 0 bridgehead atoms. The quantitative estimate of drug-likeness (QED) is 0.413. The van der Waals surface area contributed by atoms with Crippen LogP contribution in [0, 0.1) is 5.92 Å². The Hall–Kier alpha value is -2.98. The summed E-state index contributed by atoms with van der Waals surface area (Å²) in [6.07, 6.45) is 3.34. The fourth-order valence-electron chi connectivity index (χ4n) is 4.09. The van der Waals surface area contributed by atoms with Gasteiger partial charge in [-0.1, -0.05) is 19.1 Å². The van der Waals surface area contributed by atoms with Crippen LogP contribution in [0.25, 0.3) is 17.2 Å². The van der Waals surface area contributed by atoms with Gasteiger partial charge in [-0.05, 0) is 55.3 Å². The van der Waals surface area contributed by atoms with Crippen molar-refractivity contribution in [2.24, 2.45) is 5.92 Å². The van der Waals surface area contributed by atoms with E-state index in [1.165, 1.54) is 0 Å². The predicted molar refractivity (Wildman–Crippen MR) is 133 cm³/mol. The summed E-state index contributed by atoms with van der Waals surface area (Å²) in [6.45, 7) is 3.94. The maximum atomic E-state index is 5.68. The van der Waals surface area contributed by atoms with Gasteiger partial charge >= 0.3 is 0 Å². The van der Waals surface area contributed by atoms with Crippen molar-refractivity contribution in [3.63, 3.8) is 0 Å². The fourth-order valence-corrected chi connectivity index (χ4v) is 4.89. The standard InChI is InChI=1S/C24H31N5O4S/c1-16(15-17-11-13-33-14-12-17)34-28-24-27-26-23(18-7-5-10-21(25-18)32-4)29(24)22-19(30-2)8-6-9-20(22)31-3/h5-10,16-17H,11-15H2,1-4H3,(H,27,28). The molecular weight excluding hydrogens is 454 g/mol. The van der Waals surface area contributed by atoms with Gasteiger partial charge in [0, 0.05) is 24.5 Å². The highest BCUT2D eigenvalue weighted by atomic mass is 32.2. The van der Waals surface area contributed by atoms with Crippen molar-refractivity contribution in [3.05, 3.63) is 36.4 Å². The lowest BCUT2D eigenvalue weighted by Gasteiger charge is -2.24. The summed E-state index contributed by atoms with van der Waals surface area (Å²) < 4.78 is 27.5. The highest BCUT2D eigenvalue weighted by Crippen LogP contribution is 2.38. The van der Waals surface area contributed by atoms with Gasteiger partial charge in [-0.2, -0.15) is 0 Å². The number of para-hydroxylation sites is 1. The third-order valence-corrected chi connectivity index (χ3v) is 6.70. The Kier molecular flexibility index (Phi) is 8.12. The van der Waals surface area contributed by atoms with E-state index < -0.39 is 0 Å². The Labute approximate surface area is 204 Å². The highest BCUT2D eigenvalue weighted by molar-refractivity contribution is 8.01. The Balaban J connectivity index is 1.69. The van der Waals surface area contributed by atoms with E-state index in [0.29, 0.717) is 51.7 Å².